The highest BCUT2D eigenvalue weighted by Crippen LogP contribution is 2.36. The second kappa shape index (κ2) is 9.28. The lowest BCUT2D eigenvalue weighted by Crippen LogP contribution is -2.47. The average Bonchev–Trinajstić information content (AvgIpc) is 3.25. The number of rotatable bonds is 7. The van der Waals surface area contributed by atoms with Gasteiger partial charge in [-0.25, -0.2) is 4.98 Å². The highest BCUT2D eigenvalue weighted by molar-refractivity contribution is 6.05. The Morgan fingerprint density at radius 3 is 2.80 bits per heavy atom. The molecule has 0 radical (unpaired) electrons. The maximum atomic E-state index is 12.9. The van der Waals surface area contributed by atoms with Gasteiger partial charge in [0, 0.05) is 37.6 Å². The minimum Gasteiger partial charge on any atom is -0.499 e. The van der Waals surface area contributed by atoms with Gasteiger partial charge in [0.25, 0.3) is 5.91 Å². The van der Waals surface area contributed by atoms with Crippen LogP contribution in [-0.2, 0) is 28.8 Å². The van der Waals surface area contributed by atoms with Gasteiger partial charge in [-0.15, -0.1) is 0 Å². The Bertz CT molecular complexity index is 1270. The number of hydrogen-bond donors (Lipinski definition) is 2. The van der Waals surface area contributed by atoms with Gasteiger partial charge in [0.1, 0.15) is 17.3 Å². The summed E-state index contributed by atoms with van der Waals surface area (Å²) in [5.74, 6) is 0.660. The maximum Gasteiger partial charge on any atom is 0.433 e. The molecule has 4 heterocycles. The van der Waals surface area contributed by atoms with E-state index in [0.29, 0.717) is 35.1 Å². The summed E-state index contributed by atoms with van der Waals surface area (Å²) in [7, 11) is 3.25. The number of pyridine rings is 2. The molecule has 1 aliphatic rings. The summed E-state index contributed by atoms with van der Waals surface area (Å²) in [6.45, 7) is 6.18. The number of aryl methyl sites for hydroxylation is 1. The molecule has 0 aliphatic carbocycles. The van der Waals surface area contributed by atoms with Crippen LogP contribution >= 0.6 is 0 Å². The third-order valence-corrected chi connectivity index (χ3v) is 5.63. The third kappa shape index (κ3) is 5.05. The summed E-state index contributed by atoms with van der Waals surface area (Å²) in [6, 6.07) is 3.68. The highest BCUT2D eigenvalue weighted by Gasteiger charge is 2.35. The number of alkyl halides is 3. The van der Waals surface area contributed by atoms with Crippen LogP contribution in [0.4, 0.5) is 30.4 Å². The molecule has 2 N–H and O–H groups in total. The van der Waals surface area contributed by atoms with E-state index in [1.807, 2.05) is 6.07 Å². The van der Waals surface area contributed by atoms with Gasteiger partial charge in [-0.1, -0.05) is 6.58 Å². The van der Waals surface area contributed by atoms with E-state index in [9.17, 15) is 18.0 Å². The molecule has 0 fully saturated rings. The van der Waals surface area contributed by atoms with Crippen LogP contribution in [0, 0.1) is 6.92 Å². The molecule has 0 saturated heterocycles. The number of fused-ring (bicyclic) bond motifs is 1. The van der Waals surface area contributed by atoms with Gasteiger partial charge in [0.05, 0.1) is 36.9 Å². The Balaban J connectivity index is 1.46. The van der Waals surface area contributed by atoms with Crippen molar-refractivity contribution in [2.24, 2.45) is 0 Å². The van der Waals surface area contributed by atoms with Crippen LogP contribution < -0.4 is 15.5 Å². The minimum absolute atomic E-state index is 0.178. The number of hydrogen-bond acceptors (Lipinski definition) is 7. The van der Waals surface area contributed by atoms with E-state index >= 15 is 0 Å². The summed E-state index contributed by atoms with van der Waals surface area (Å²) >= 11 is 0. The van der Waals surface area contributed by atoms with Crippen LogP contribution in [0.1, 0.15) is 22.5 Å². The Morgan fingerprint density at radius 1 is 1.31 bits per heavy atom. The number of amides is 1. The van der Waals surface area contributed by atoms with Crippen molar-refractivity contribution >= 4 is 23.1 Å². The molecule has 0 aromatic carbocycles. The van der Waals surface area contributed by atoms with Crippen LogP contribution in [0.2, 0.25) is 0 Å². The van der Waals surface area contributed by atoms with E-state index < -0.39 is 17.9 Å². The van der Waals surface area contributed by atoms with E-state index in [0.717, 1.165) is 23.5 Å². The number of methoxy groups -OCH3 is 1. The van der Waals surface area contributed by atoms with Crippen LogP contribution in [0.5, 0.6) is 0 Å². The molecule has 4 rings (SSSR count). The monoisotopic (exact) mass is 487 g/mol. The second-order valence-electron chi connectivity index (χ2n) is 8.11. The molecule has 1 aliphatic heterocycles. The van der Waals surface area contributed by atoms with E-state index in [4.69, 9.17) is 4.74 Å². The molecule has 0 unspecified atom stereocenters. The van der Waals surface area contributed by atoms with Gasteiger partial charge in [0.15, 0.2) is 6.04 Å². The zero-order chi connectivity index (χ0) is 25.3. The molecule has 0 bridgehead atoms. The smallest absolute Gasteiger partial charge is 0.433 e. The van der Waals surface area contributed by atoms with Crippen molar-refractivity contribution in [2.45, 2.75) is 32.2 Å². The molecular formula is C23H24F3N7O2. The molecule has 0 spiro atoms. The minimum atomic E-state index is -4.50. The van der Waals surface area contributed by atoms with Crippen LogP contribution in [0.25, 0.3) is 0 Å². The van der Waals surface area contributed by atoms with Crippen LogP contribution in [0.3, 0.4) is 0 Å². The Morgan fingerprint density at radius 2 is 2.09 bits per heavy atom. The van der Waals surface area contributed by atoms with Gasteiger partial charge >= 0.3 is 6.18 Å². The van der Waals surface area contributed by atoms with Gasteiger partial charge in [-0.3, -0.25) is 14.5 Å². The van der Waals surface area contributed by atoms with Crippen molar-refractivity contribution in [3.63, 3.8) is 0 Å². The number of halogens is 3. The number of carbonyl (C=O) groups is 1. The topological polar surface area (TPSA) is 97.2 Å². The molecule has 3 aromatic heterocycles. The van der Waals surface area contributed by atoms with Gasteiger partial charge in [0.2, 0.25) is 0 Å². The first-order valence-electron chi connectivity index (χ1n) is 10.6. The van der Waals surface area contributed by atoms with Crippen LogP contribution in [-0.4, -0.2) is 45.9 Å². The van der Waals surface area contributed by atoms with E-state index in [1.54, 1.807) is 35.9 Å². The molecule has 9 nitrogen and oxygen atoms in total. The largest absolute Gasteiger partial charge is 0.499 e. The van der Waals surface area contributed by atoms with Crippen molar-refractivity contribution in [2.75, 3.05) is 29.7 Å². The molecule has 12 heteroatoms. The molecule has 0 saturated carbocycles. The normalized spacial score (nSPS) is 15.4. The van der Waals surface area contributed by atoms with Crippen molar-refractivity contribution in [3.8, 4) is 0 Å². The lowest BCUT2D eigenvalue weighted by atomic mass is 10.1. The first-order chi connectivity index (χ1) is 16.6. The first kappa shape index (κ1) is 24.0. The fraction of sp³-hybridized carbons (Fsp3) is 0.304. The van der Waals surface area contributed by atoms with E-state index in [2.05, 4.69) is 32.3 Å². The standard InChI is InChI=1S/C23H24F3N7O2/c1-13-20-17(32(3)21(14(2)35-4)22(34)31-20)8-19(30-13)28-9-16-10-29-33(12-16)11-15-5-6-27-18(7-15)23(24,25)26/h5-8,10,12,21H,2,9,11H2,1,3-4H3,(H,28,30)(H,31,34)/t21-/m0/s1. The zero-order valence-corrected chi connectivity index (χ0v) is 19.3. The lowest BCUT2D eigenvalue weighted by Gasteiger charge is -2.36. The van der Waals surface area contributed by atoms with E-state index in [-0.39, 0.29) is 12.5 Å². The van der Waals surface area contributed by atoms with Gasteiger partial charge in [-0.2, -0.15) is 18.3 Å². The molecule has 3 aromatic rings. The van der Waals surface area contributed by atoms with Crippen molar-refractivity contribution in [3.05, 3.63) is 71.6 Å². The summed E-state index contributed by atoms with van der Waals surface area (Å²) in [4.78, 5) is 22.2. The molecule has 1 amide bonds. The quantitative estimate of drug-likeness (QED) is 0.492. The van der Waals surface area contributed by atoms with E-state index in [1.165, 1.54) is 13.2 Å². The third-order valence-electron chi connectivity index (χ3n) is 5.63. The Hall–Kier alpha value is -4.09. The van der Waals surface area contributed by atoms with Gasteiger partial charge in [-0.05, 0) is 24.6 Å². The predicted molar refractivity (Wildman–Crippen MR) is 124 cm³/mol. The average molecular weight is 487 g/mol. The highest BCUT2D eigenvalue weighted by atomic mass is 19.4. The number of nitrogens with zero attached hydrogens (tertiary/aromatic N) is 5. The fourth-order valence-corrected chi connectivity index (χ4v) is 3.85. The molecular weight excluding hydrogens is 463 g/mol. The number of carbonyl (C=O) groups excluding carboxylic acids is 1. The summed E-state index contributed by atoms with van der Waals surface area (Å²) < 4.78 is 45.4. The lowest BCUT2D eigenvalue weighted by molar-refractivity contribution is -0.141. The summed E-state index contributed by atoms with van der Waals surface area (Å²) in [5, 5.41) is 10.3. The number of aromatic nitrogens is 4. The Labute approximate surface area is 199 Å². The predicted octanol–water partition coefficient (Wildman–Crippen LogP) is 3.58. The second-order valence-corrected chi connectivity index (χ2v) is 8.11. The van der Waals surface area contributed by atoms with Crippen LogP contribution in [0.15, 0.2) is 49.1 Å². The molecule has 1 atom stereocenters. The maximum absolute atomic E-state index is 12.9. The summed E-state index contributed by atoms with van der Waals surface area (Å²) in [5.41, 5.74) is 2.35. The Kier molecular flexibility index (Phi) is 6.37. The number of ether oxygens (including phenoxy) is 1. The van der Waals surface area contributed by atoms with Crippen molar-refractivity contribution in [1.82, 2.24) is 19.7 Å². The van der Waals surface area contributed by atoms with Gasteiger partial charge < -0.3 is 20.3 Å². The molecule has 35 heavy (non-hydrogen) atoms. The fourth-order valence-electron chi connectivity index (χ4n) is 3.85. The summed E-state index contributed by atoms with van der Waals surface area (Å²) in [6.07, 6.45) is 0.0229. The number of nitrogens with one attached hydrogen (secondary N) is 2. The number of likely N-dealkylation sites (N-methyl/N-ethyl adjacent to an activating group) is 1. The van der Waals surface area contributed by atoms with Crippen molar-refractivity contribution in [1.29, 1.82) is 0 Å². The zero-order valence-electron chi connectivity index (χ0n) is 19.3. The molecule has 184 valence electrons. The van der Waals surface area contributed by atoms with Crippen molar-refractivity contribution < 1.29 is 22.7 Å². The number of anilines is 3. The SMILES string of the molecule is C=C(OC)[C@H]1C(=O)Nc2c(cc(NCc3cnn(Cc4ccnc(C(F)(F)F)c4)c3)nc2C)N1C. The first-order valence-corrected chi connectivity index (χ1v) is 10.6.